The molecule has 0 bridgehead atoms. The van der Waals surface area contributed by atoms with Crippen LogP contribution in [-0.4, -0.2) is 41.1 Å². The SMILES string of the molecule is CCCCC(Oc1ccc(C)cc1C)C(=O)NC1CC(C)(C)N(C)C(C)(C)C1. The van der Waals surface area contributed by atoms with E-state index in [9.17, 15) is 4.79 Å². The summed E-state index contributed by atoms with van der Waals surface area (Å²) >= 11 is 0. The Kier molecular flexibility index (Phi) is 7.19. The molecule has 1 saturated heterocycles. The second-order valence-electron chi connectivity index (χ2n) is 9.82. The molecular weight excluding hydrogens is 348 g/mol. The zero-order valence-electron chi connectivity index (χ0n) is 19.2. The Morgan fingerprint density at radius 3 is 2.36 bits per heavy atom. The van der Waals surface area contributed by atoms with E-state index in [1.54, 1.807) is 0 Å². The van der Waals surface area contributed by atoms with Gasteiger partial charge in [-0.2, -0.15) is 0 Å². The first-order valence-corrected chi connectivity index (χ1v) is 10.7. The van der Waals surface area contributed by atoms with Crippen LogP contribution < -0.4 is 10.1 Å². The predicted octanol–water partition coefficient (Wildman–Crippen LogP) is 5.01. The maximum atomic E-state index is 13.2. The number of nitrogens with zero attached hydrogens (tertiary/aromatic N) is 1. The van der Waals surface area contributed by atoms with Crippen molar-refractivity contribution in [1.82, 2.24) is 10.2 Å². The van der Waals surface area contributed by atoms with E-state index in [1.165, 1.54) is 5.56 Å². The van der Waals surface area contributed by atoms with Gasteiger partial charge in [0, 0.05) is 17.1 Å². The van der Waals surface area contributed by atoms with Gasteiger partial charge < -0.3 is 10.1 Å². The molecular formula is C24H40N2O2. The molecule has 0 radical (unpaired) electrons. The van der Waals surface area contributed by atoms with Crippen LogP contribution in [0.2, 0.25) is 0 Å². The molecule has 1 aliphatic rings. The summed E-state index contributed by atoms with van der Waals surface area (Å²) in [6.45, 7) is 15.3. The Labute approximate surface area is 172 Å². The van der Waals surface area contributed by atoms with Gasteiger partial charge in [-0.25, -0.2) is 0 Å². The fraction of sp³-hybridized carbons (Fsp3) is 0.708. The molecule has 0 aliphatic carbocycles. The number of unbranched alkanes of at least 4 members (excludes halogenated alkanes) is 1. The van der Waals surface area contributed by atoms with Crippen LogP contribution in [0.4, 0.5) is 0 Å². The molecule has 158 valence electrons. The second-order valence-corrected chi connectivity index (χ2v) is 9.82. The Morgan fingerprint density at radius 2 is 1.82 bits per heavy atom. The van der Waals surface area contributed by atoms with E-state index in [0.29, 0.717) is 0 Å². The number of rotatable bonds is 7. The number of aryl methyl sites for hydroxylation is 2. The molecule has 1 aliphatic heterocycles. The van der Waals surface area contributed by atoms with Gasteiger partial charge in [-0.1, -0.05) is 31.0 Å². The lowest BCUT2D eigenvalue weighted by Gasteiger charge is -2.53. The Hall–Kier alpha value is -1.55. The van der Waals surface area contributed by atoms with Gasteiger partial charge in [0.05, 0.1) is 0 Å². The monoisotopic (exact) mass is 388 g/mol. The van der Waals surface area contributed by atoms with Crippen LogP contribution in [0.25, 0.3) is 0 Å². The van der Waals surface area contributed by atoms with E-state index >= 15 is 0 Å². The van der Waals surface area contributed by atoms with Crippen LogP contribution in [0.15, 0.2) is 18.2 Å². The maximum Gasteiger partial charge on any atom is 0.261 e. The highest BCUT2D eigenvalue weighted by atomic mass is 16.5. The number of piperidine rings is 1. The summed E-state index contributed by atoms with van der Waals surface area (Å²) in [4.78, 5) is 15.6. The molecule has 28 heavy (non-hydrogen) atoms. The highest BCUT2D eigenvalue weighted by Gasteiger charge is 2.43. The normalized spacial score (nSPS) is 20.6. The number of carbonyl (C=O) groups is 1. The summed E-state index contributed by atoms with van der Waals surface area (Å²) in [7, 11) is 2.19. The lowest BCUT2D eigenvalue weighted by atomic mass is 9.77. The van der Waals surface area contributed by atoms with Crippen molar-refractivity contribution in [2.75, 3.05) is 7.05 Å². The van der Waals surface area contributed by atoms with Gasteiger partial charge in [0.15, 0.2) is 6.10 Å². The lowest BCUT2D eigenvalue weighted by Crippen LogP contribution is -2.63. The molecule has 0 saturated carbocycles. The lowest BCUT2D eigenvalue weighted by molar-refractivity contribution is -0.130. The molecule has 1 aromatic carbocycles. The predicted molar refractivity (Wildman–Crippen MR) is 117 cm³/mol. The van der Waals surface area contributed by atoms with Gasteiger partial charge in [-0.05, 0) is 85.9 Å². The molecule has 1 N–H and O–H groups in total. The van der Waals surface area contributed by atoms with Crippen molar-refractivity contribution in [2.24, 2.45) is 0 Å². The van der Waals surface area contributed by atoms with Gasteiger partial charge in [0.1, 0.15) is 5.75 Å². The van der Waals surface area contributed by atoms with Crippen LogP contribution in [0.5, 0.6) is 5.75 Å². The van der Waals surface area contributed by atoms with E-state index in [-0.39, 0.29) is 23.0 Å². The Balaban J connectivity index is 2.12. The molecule has 4 nitrogen and oxygen atoms in total. The largest absolute Gasteiger partial charge is 0.480 e. The second kappa shape index (κ2) is 8.86. The number of benzene rings is 1. The quantitative estimate of drug-likeness (QED) is 0.714. The van der Waals surface area contributed by atoms with Gasteiger partial charge in [0.2, 0.25) is 0 Å². The highest BCUT2D eigenvalue weighted by Crippen LogP contribution is 2.37. The average Bonchev–Trinajstić information content (AvgIpc) is 2.57. The summed E-state index contributed by atoms with van der Waals surface area (Å²) in [6.07, 6.45) is 4.23. The molecule has 4 heteroatoms. The van der Waals surface area contributed by atoms with Crippen molar-refractivity contribution in [2.45, 2.75) is 104 Å². The molecule has 1 fully saturated rings. The molecule has 1 atom stereocenters. The summed E-state index contributed by atoms with van der Waals surface area (Å²) in [6, 6.07) is 6.30. The van der Waals surface area contributed by atoms with Gasteiger partial charge in [-0.15, -0.1) is 0 Å². The first-order valence-electron chi connectivity index (χ1n) is 10.7. The smallest absolute Gasteiger partial charge is 0.261 e. The Bertz CT molecular complexity index is 663. The third-order valence-electron chi connectivity index (χ3n) is 6.37. The standard InChI is InChI=1S/C24H40N2O2/c1-9-10-11-21(28-20-13-12-17(2)14-18(20)3)22(27)25-19-15-23(4,5)26(8)24(6,7)16-19/h12-14,19,21H,9-11,15-16H2,1-8H3,(H,25,27). The highest BCUT2D eigenvalue weighted by molar-refractivity contribution is 5.81. The van der Waals surface area contributed by atoms with Gasteiger partial charge in [-0.3, -0.25) is 9.69 Å². The third-order valence-corrected chi connectivity index (χ3v) is 6.37. The van der Waals surface area contributed by atoms with Crippen LogP contribution in [0.1, 0.15) is 77.8 Å². The van der Waals surface area contributed by atoms with E-state index in [0.717, 1.165) is 43.4 Å². The van der Waals surface area contributed by atoms with E-state index in [1.807, 2.05) is 19.1 Å². The van der Waals surface area contributed by atoms with Crippen LogP contribution in [0.3, 0.4) is 0 Å². The fourth-order valence-corrected chi connectivity index (χ4v) is 4.49. The minimum absolute atomic E-state index is 0.0228. The minimum Gasteiger partial charge on any atom is -0.480 e. The van der Waals surface area contributed by atoms with E-state index in [2.05, 4.69) is 64.9 Å². The van der Waals surface area contributed by atoms with Crippen LogP contribution in [0, 0.1) is 13.8 Å². The van der Waals surface area contributed by atoms with Crippen molar-refractivity contribution >= 4 is 5.91 Å². The van der Waals surface area contributed by atoms with Crippen molar-refractivity contribution in [3.63, 3.8) is 0 Å². The van der Waals surface area contributed by atoms with Crippen LogP contribution >= 0.6 is 0 Å². The zero-order chi connectivity index (χ0) is 21.1. The first-order chi connectivity index (χ1) is 13.0. The van der Waals surface area contributed by atoms with Crippen molar-refractivity contribution in [3.05, 3.63) is 29.3 Å². The summed E-state index contributed by atoms with van der Waals surface area (Å²) in [5.41, 5.74) is 2.38. The number of amides is 1. The summed E-state index contributed by atoms with van der Waals surface area (Å²) in [5, 5.41) is 3.32. The van der Waals surface area contributed by atoms with Crippen molar-refractivity contribution in [3.8, 4) is 5.75 Å². The topological polar surface area (TPSA) is 41.6 Å². The number of ether oxygens (including phenoxy) is 1. The van der Waals surface area contributed by atoms with Gasteiger partial charge >= 0.3 is 0 Å². The molecule has 0 spiro atoms. The minimum atomic E-state index is -0.438. The third kappa shape index (κ3) is 5.50. The maximum absolute atomic E-state index is 13.2. The molecule has 1 aromatic rings. The molecule has 1 unspecified atom stereocenters. The number of nitrogens with one attached hydrogen (secondary N) is 1. The molecule has 1 amide bonds. The Morgan fingerprint density at radius 1 is 1.21 bits per heavy atom. The van der Waals surface area contributed by atoms with Crippen molar-refractivity contribution < 1.29 is 9.53 Å². The van der Waals surface area contributed by atoms with Gasteiger partial charge in [0.25, 0.3) is 5.91 Å². The molecule has 0 aromatic heterocycles. The van der Waals surface area contributed by atoms with E-state index < -0.39 is 6.10 Å². The summed E-state index contributed by atoms with van der Waals surface area (Å²) < 4.78 is 6.21. The van der Waals surface area contributed by atoms with Crippen molar-refractivity contribution in [1.29, 1.82) is 0 Å². The average molecular weight is 389 g/mol. The molecule has 2 rings (SSSR count). The van der Waals surface area contributed by atoms with E-state index in [4.69, 9.17) is 4.74 Å². The van der Waals surface area contributed by atoms with Crippen LogP contribution in [-0.2, 0) is 4.79 Å². The fourth-order valence-electron chi connectivity index (χ4n) is 4.49. The zero-order valence-corrected chi connectivity index (χ0v) is 19.2. The number of hydrogen-bond acceptors (Lipinski definition) is 3. The number of likely N-dealkylation sites (tertiary alicyclic amines) is 1. The number of hydrogen-bond donors (Lipinski definition) is 1. The molecule has 1 heterocycles. The summed E-state index contributed by atoms with van der Waals surface area (Å²) in [5.74, 6) is 0.834. The number of carbonyl (C=O) groups excluding carboxylic acids is 1. The first kappa shape index (κ1) is 22.7.